The van der Waals surface area contributed by atoms with Crippen molar-refractivity contribution in [3.05, 3.63) is 345 Å². The second-order valence-corrected chi connectivity index (χ2v) is 21.9. The Kier molecular flexibility index (Phi) is 13.7. The lowest BCUT2D eigenvalue weighted by Gasteiger charge is -2.34. The zero-order chi connectivity index (χ0) is 57.2. The van der Waals surface area contributed by atoms with Crippen LogP contribution in [0.25, 0.3) is 65.3 Å². The van der Waals surface area contributed by atoms with Crippen molar-refractivity contribution in [2.75, 3.05) is 19.6 Å². The monoisotopic (exact) mass is 1100 g/mol. The Labute approximate surface area is 503 Å². The Balaban J connectivity index is 1.01. The van der Waals surface area contributed by atoms with Gasteiger partial charge < -0.3 is 19.6 Å². The van der Waals surface area contributed by atoms with Crippen LogP contribution in [0.2, 0.25) is 0 Å². The number of anilines is 11. The molecule has 0 heterocycles. The summed E-state index contributed by atoms with van der Waals surface area (Å²) in [4.78, 5) is 9.74. The van der Waals surface area contributed by atoms with E-state index < -0.39 is 0 Å². The molecule has 0 saturated carbocycles. The van der Waals surface area contributed by atoms with Crippen molar-refractivity contribution >= 4 is 106 Å². The van der Waals surface area contributed by atoms with Gasteiger partial charge in [0.2, 0.25) is 0 Å². The van der Waals surface area contributed by atoms with Gasteiger partial charge in [-0.3, -0.25) is 0 Å². The minimum absolute atomic E-state index is 1.02. The van der Waals surface area contributed by atoms with E-state index in [2.05, 4.69) is 359 Å². The van der Waals surface area contributed by atoms with E-state index in [0.29, 0.717) is 0 Å². The highest BCUT2D eigenvalue weighted by molar-refractivity contribution is 6.25. The minimum atomic E-state index is 1.02. The zero-order valence-corrected chi connectivity index (χ0v) is 47.5. The lowest BCUT2D eigenvalue weighted by molar-refractivity contribution is 0.997. The fourth-order valence-corrected chi connectivity index (χ4v) is 12.8. The molecule has 0 bridgehead atoms. The van der Waals surface area contributed by atoms with Gasteiger partial charge in [0.05, 0.1) is 22.7 Å². The lowest BCUT2D eigenvalue weighted by atomic mass is 9.90. The summed E-state index contributed by atoms with van der Waals surface area (Å²) in [5, 5.41) is 9.16. The number of rotatable bonds is 14. The van der Waals surface area contributed by atoms with Gasteiger partial charge in [0.25, 0.3) is 0 Å². The second kappa shape index (κ2) is 22.9. The summed E-state index contributed by atoms with van der Waals surface area (Å²) in [6.07, 6.45) is 8.96. The van der Waals surface area contributed by atoms with Gasteiger partial charge in [-0.15, -0.1) is 0 Å². The van der Waals surface area contributed by atoms with E-state index in [-0.39, 0.29) is 0 Å². The van der Waals surface area contributed by atoms with Crippen molar-refractivity contribution in [3.63, 3.8) is 0 Å². The van der Waals surface area contributed by atoms with Crippen LogP contribution in [0, 0.1) is 0 Å². The Morgan fingerprint density at radius 1 is 0.221 bits per heavy atom. The van der Waals surface area contributed by atoms with E-state index in [1.807, 2.05) is 0 Å². The first-order valence-electron chi connectivity index (χ1n) is 29.7. The molecule has 0 aliphatic heterocycles. The van der Waals surface area contributed by atoms with Crippen molar-refractivity contribution in [3.8, 4) is 22.3 Å². The number of para-hydroxylation sites is 5. The van der Waals surface area contributed by atoms with Crippen LogP contribution in [0.3, 0.4) is 0 Å². The molecular formula is C82H60N4. The molecule has 4 nitrogen and oxygen atoms in total. The smallest absolute Gasteiger partial charge is 0.0620 e. The van der Waals surface area contributed by atoms with E-state index in [4.69, 9.17) is 0 Å². The highest BCUT2D eigenvalue weighted by Crippen LogP contribution is 2.54. The highest BCUT2D eigenvalue weighted by atomic mass is 15.2. The molecule has 0 amide bonds. The van der Waals surface area contributed by atoms with Gasteiger partial charge in [0.1, 0.15) is 0 Å². The molecule has 14 aromatic rings. The Morgan fingerprint density at radius 2 is 0.558 bits per heavy atom. The number of allylic oxidation sites excluding steroid dienone is 3. The number of hydrogen-bond acceptors (Lipinski definition) is 4. The zero-order valence-electron chi connectivity index (χ0n) is 47.5. The molecule has 1 aliphatic rings. The molecule has 14 aromatic carbocycles. The van der Waals surface area contributed by atoms with Crippen LogP contribution in [-0.2, 0) is 0 Å². The fraction of sp³-hybridized carbons (Fsp3) is 0.0244. The fourth-order valence-electron chi connectivity index (χ4n) is 12.8. The van der Waals surface area contributed by atoms with Crippen LogP contribution in [0.4, 0.5) is 62.6 Å². The maximum Gasteiger partial charge on any atom is 0.0620 e. The number of benzene rings is 14. The molecular weight excluding hydrogens is 1040 g/mol. The summed E-state index contributed by atoms with van der Waals surface area (Å²) in [5.41, 5.74) is 17.7. The van der Waals surface area contributed by atoms with Gasteiger partial charge in [0.15, 0.2) is 0 Å². The first-order valence-corrected chi connectivity index (χ1v) is 29.7. The van der Waals surface area contributed by atoms with Crippen molar-refractivity contribution in [2.24, 2.45) is 0 Å². The Bertz CT molecular complexity index is 4740. The van der Waals surface area contributed by atoms with Crippen LogP contribution in [0.1, 0.15) is 12.8 Å². The van der Waals surface area contributed by atoms with Gasteiger partial charge in [-0.25, -0.2) is 0 Å². The minimum Gasteiger partial charge on any atom is -0.311 e. The summed E-state index contributed by atoms with van der Waals surface area (Å²) in [5.74, 6) is 0. The summed E-state index contributed by atoms with van der Waals surface area (Å²) in [7, 11) is 0. The van der Waals surface area contributed by atoms with Crippen molar-refractivity contribution in [2.45, 2.75) is 12.8 Å². The summed E-state index contributed by atoms with van der Waals surface area (Å²) in [6, 6.07) is 117. The molecule has 0 spiro atoms. The van der Waals surface area contributed by atoms with E-state index >= 15 is 0 Å². The number of fused-ring (bicyclic) bond motifs is 4. The normalized spacial score (nSPS) is 12.1. The van der Waals surface area contributed by atoms with Crippen molar-refractivity contribution in [1.29, 1.82) is 0 Å². The summed E-state index contributed by atoms with van der Waals surface area (Å²) >= 11 is 0. The third-order valence-corrected chi connectivity index (χ3v) is 16.7. The largest absolute Gasteiger partial charge is 0.311 e. The van der Waals surface area contributed by atoms with Crippen molar-refractivity contribution in [1.82, 2.24) is 0 Å². The summed E-state index contributed by atoms with van der Waals surface area (Å²) in [6.45, 7) is 0. The molecule has 0 aromatic heterocycles. The van der Waals surface area contributed by atoms with Gasteiger partial charge >= 0.3 is 0 Å². The SMILES string of the molecule is C1=CC(N(c2ccccc2)c2ccc(-c3ccc4c(N(c5ccccc5)c5cccc6ccccc56)c5cc(-c6ccc(N(c7ccccc7)c7ccccc7)cc6)ccc5c(N(c5ccccc5)c5cccc6ccccc56)c4c3)cc2)=CCC1. The predicted octanol–water partition coefficient (Wildman–Crippen LogP) is 23.4. The topological polar surface area (TPSA) is 13.0 Å². The average molecular weight is 1100 g/mol. The van der Waals surface area contributed by atoms with Crippen LogP contribution in [0.5, 0.6) is 0 Å². The van der Waals surface area contributed by atoms with Gasteiger partial charge in [-0.1, -0.05) is 224 Å². The molecule has 0 atom stereocenters. The molecule has 0 N–H and O–H groups in total. The first kappa shape index (κ1) is 51.7. The maximum absolute atomic E-state index is 2.52. The van der Waals surface area contributed by atoms with E-state index in [0.717, 1.165) is 119 Å². The standard InChI is InChI=1S/C82H60N4/c1-7-29-65(30-8-1)83(66-31-9-2-10-32-66)71-51-45-59(46-52-71)63-49-55-75-77(57-63)81(85(69-37-15-5-16-38-69)79-43-23-27-61-25-19-21-41-73(61)79)76-56-50-64(60-47-53-72(54-48-60)84(67-33-11-3-12-34-67)68-35-13-4-14-36-68)58-78(76)82(75)86(70-39-17-6-18-40-70)80-44-24-28-62-26-20-22-42-74(62)80/h1-3,5-13,15-58H,4,14H2. The molecule has 1 aliphatic carbocycles. The average Bonchev–Trinajstić information content (AvgIpc) is 0.922. The van der Waals surface area contributed by atoms with E-state index in [1.165, 1.54) is 27.2 Å². The number of hydrogen-bond donors (Lipinski definition) is 0. The van der Waals surface area contributed by atoms with Crippen LogP contribution in [0.15, 0.2) is 345 Å². The quantitative estimate of drug-likeness (QED) is 0.0795. The number of nitrogens with zero attached hydrogens (tertiary/aromatic N) is 4. The Morgan fingerprint density at radius 3 is 0.965 bits per heavy atom. The molecule has 86 heavy (non-hydrogen) atoms. The maximum atomic E-state index is 2.52. The molecule has 4 heteroatoms. The van der Waals surface area contributed by atoms with Crippen LogP contribution in [-0.4, -0.2) is 0 Å². The molecule has 15 rings (SSSR count). The van der Waals surface area contributed by atoms with Crippen LogP contribution < -0.4 is 19.6 Å². The molecule has 0 fully saturated rings. The third-order valence-electron chi connectivity index (χ3n) is 16.7. The van der Waals surface area contributed by atoms with E-state index in [1.54, 1.807) is 0 Å². The van der Waals surface area contributed by atoms with Gasteiger partial charge in [0, 0.05) is 77.8 Å². The lowest BCUT2D eigenvalue weighted by Crippen LogP contribution is -2.16. The summed E-state index contributed by atoms with van der Waals surface area (Å²) < 4.78 is 0. The van der Waals surface area contributed by atoms with Crippen molar-refractivity contribution < 1.29 is 0 Å². The highest BCUT2D eigenvalue weighted by Gasteiger charge is 2.28. The van der Waals surface area contributed by atoms with Gasteiger partial charge in [-0.05, 0) is 161 Å². The predicted molar refractivity (Wildman–Crippen MR) is 366 cm³/mol. The molecule has 408 valence electrons. The van der Waals surface area contributed by atoms with E-state index in [9.17, 15) is 0 Å². The molecule has 0 saturated heterocycles. The van der Waals surface area contributed by atoms with Crippen LogP contribution >= 0.6 is 0 Å². The molecule has 0 unspecified atom stereocenters. The first-order chi connectivity index (χ1) is 42.7. The third kappa shape index (κ3) is 9.69. The Hall–Kier alpha value is -11.2. The second-order valence-electron chi connectivity index (χ2n) is 21.9. The molecule has 0 radical (unpaired) electrons. The van der Waals surface area contributed by atoms with Gasteiger partial charge in [-0.2, -0.15) is 0 Å².